The standard InChI is InChI=1S/C11H26N4O3S.HI/c1-3-13-11(15-8-10-19(12,16)17)14-7-5-6-9-18-4-2;/h3-10H2,1-2H3,(H2,12,16,17)(H2,13,14,15);1H. The highest BCUT2D eigenvalue weighted by Gasteiger charge is 2.03. The third-order valence-corrected chi connectivity index (χ3v) is 2.97. The van der Waals surface area contributed by atoms with Crippen molar-refractivity contribution in [3.63, 3.8) is 0 Å². The van der Waals surface area contributed by atoms with E-state index in [0.717, 1.165) is 32.6 Å². The average molecular weight is 422 g/mol. The van der Waals surface area contributed by atoms with Crippen LogP contribution >= 0.6 is 24.0 Å². The van der Waals surface area contributed by atoms with Crippen molar-refractivity contribution < 1.29 is 13.2 Å². The molecule has 0 aliphatic carbocycles. The Morgan fingerprint density at radius 3 is 2.50 bits per heavy atom. The molecule has 122 valence electrons. The van der Waals surface area contributed by atoms with Crippen molar-refractivity contribution in [2.75, 3.05) is 38.6 Å². The number of nitrogens with two attached hydrogens (primary N) is 1. The van der Waals surface area contributed by atoms with Crippen molar-refractivity contribution in [2.45, 2.75) is 26.7 Å². The molecule has 0 aromatic rings. The molecule has 0 spiro atoms. The summed E-state index contributed by atoms with van der Waals surface area (Å²) in [5.41, 5.74) is 0. The number of aliphatic imine (C=N–C) groups is 1. The first-order valence-electron chi connectivity index (χ1n) is 6.60. The van der Waals surface area contributed by atoms with Crippen LogP contribution in [0.1, 0.15) is 26.7 Å². The summed E-state index contributed by atoms with van der Waals surface area (Å²) in [7, 11) is -3.43. The second kappa shape index (κ2) is 13.8. The second-order valence-corrected chi connectivity index (χ2v) is 5.69. The molecular weight excluding hydrogens is 395 g/mol. The van der Waals surface area contributed by atoms with Gasteiger partial charge in [0.2, 0.25) is 10.0 Å². The maximum atomic E-state index is 10.8. The van der Waals surface area contributed by atoms with Gasteiger partial charge in [0, 0.05) is 32.8 Å². The van der Waals surface area contributed by atoms with Crippen LogP contribution in [-0.2, 0) is 14.8 Å². The van der Waals surface area contributed by atoms with Crippen LogP contribution in [0.5, 0.6) is 0 Å². The molecule has 0 aliphatic rings. The van der Waals surface area contributed by atoms with E-state index in [-0.39, 0.29) is 36.3 Å². The van der Waals surface area contributed by atoms with E-state index >= 15 is 0 Å². The number of ether oxygens (including phenoxy) is 1. The Labute approximate surface area is 139 Å². The Hall–Kier alpha value is -0.130. The van der Waals surface area contributed by atoms with E-state index in [1.807, 2.05) is 13.8 Å². The van der Waals surface area contributed by atoms with E-state index in [1.54, 1.807) is 0 Å². The van der Waals surface area contributed by atoms with Crippen LogP contribution in [0.4, 0.5) is 0 Å². The van der Waals surface area contributed by atoms with Crippen LogP contribution < -0.4 is 15.8 Å². The normalized spacial score (nSPS) is 11.8. The average Bonchev–Trinajstić information content (AvgIpc) is 2.32. The molecular formula is C11H27IN4O3S. The molecule has 0 saturated heterocycles. The lowest BCUT2D eigenvalue weighted by atomic mass is 10.3. The van der Waals surface area contributed by atoms with E-state index in [1.165, 1.54) is 0 Å². The Morgan fingerprint density at radius 2 is 1.95 bits per heavy atom. The molecule has 0 rings (SSSR count). The van der Waals surface area contributed by atoms with E-state index in [0.29, 0.717) is 12.5 Å². The zero-order valence-corrected chi connectivity index (χ0v) is 15.4. The van der Waals surface area contributed by atoms with Crippen LogP contribution in [0.15, 0.2) is 4.99 Å². The van der Waals surface area contributed by atoms with Crippen molar-refractivity contribution in [3.05, 3.63) is 0 Å². The summed E-state index contributed by atoms with van der Waals surface area (Å²) in [6.45, 7) is 7.06. The van der Waals surface area contributed by atoms with Crippen LogP contribution in [0.25, 0.3) is 0 Å². The molecule has 0 aliphatic heterocycles. The summed E-state index contributed by atoms with van der Waals surface area (Å²) < 4.78 is 26.8. The number of hydrogen-bond donors (Lipinski definition) is 3. The first-order chi connectivity index (χ1) is 8.99. The van der Waals surface area contributed by atoms with Gasteiger partial charge >= 0.3 is 0 Å². The summed E-state index contributed by atoms with van der Waals surface area (Å²) in [6, 6.07) is 0. The number of nitrogens with zero attached hydrogens (tertiary/aromatic N) is 1. The number of rotatable bonds is 10. The van der Waals surface area contributed by atoms with Gasteiger partial charge in [-0.3, -0.25) is 4.99 Å². The highest BCUT2D eigenvalue weighted by molar-refractivity contribution is 14.0. The molecule has 0 radical (unpaired) electrons. The van der Waals surface area contributed by atoms with Gasteiger partial charge in [0.1, 0.15) is 0 Å². The molecule has 0 aromatic heterocycles. The Kier molecular flexibility index (Phi) is 15.3. The number of halogens is 1. The lowest BCUT2D eigenvalue weighted by Gasteiger charge is -2.10. The highest BCUT2D eigenvalue weighted by Crippen LogP contribution is 1.91. The Balaban J connectivity index is 0. The number of guanidine groups is 1. The van der Waals surface area contributed by atoms with Crippen molar-refractivity contribution in [3.8, 4) is 0 Å². The lowest BCUT2D eigenvalue weighted by Crippen LogP contribution is -2.40. The number of nitrogens with one attached hydrogen (secondary N) is 2. The van der Waals surface area contributed by atoms with E-state index in [2.05, 4.69) is 15.6 Å². The summed E-state index contributed by atoms with van der Waals surface area (Å²) >= 11 is 0. The quantitative estimate of drug-likeness (QED) is 0.203. The monoisotopic (exact) mass is 422 g/mol. The largest absolute Gasteiger partial charge is 0.382 e. The minimum Gasteiger partial charge on any atom is -0.382 e. The zero-order chi connectivity index (χ0) is 14.6. The van der Waals surface area contributed by atoms with Gasteiger partial charge in [-0.05, 0) is 26.7 Å². The molecule has 0 atom stereocenters. The van der Waals surface area contributed by atoms with Gasteiger partial charge < -0.3 is 15.4 Å². The lowest BCUT2D eigenvalue weighted by molar-refractivity contribution is 0.144. The van der Waals surface area contributed by atoms with Gasteiger partial charge in [0.15, 0.2) is 5.96 Å². The van der Waals surface area contributed by atoms with E-state index < -0.39 is 10.0 Å². The topological polar surface area (TPSA) is 106 Å². The van der Waals surface area contributed by atoms with Gasteiger partial charge in [0.25, 0.3) is 0 Å². The number of primary sulfonamides is 1. The summed E-state index contributed by atoms with van der Waals surface area (Å²) in [5, 5.41) is 10.9. The Bertz CT molecular complexity index is 350. The zero-order valence-electron chi connectivity index (χ0n) is 12.2. The van der Waals surface area contributed by atoms with E-state index in [9.17, 15) is 8.42 Å². The second-order valence-electron chi connectivity index (χ2n) is 3.96. The predicted molar refractivity (Wildman–Crippen MR) is 93.1 cm³/mol. The third-order valence-electron chi connectivity index (χ3n) is 2.19. The fourth-order valence-electron chi connectivity index (χ4n) is 1.30. The van der Waals surface area contributed by atoms with Crippen LogP contribution in [-0.4, -0.2) is 53.0 Å². The minimum atomic E-state index is -3.43. The number of unbranched alkanes of at least 4 members (excludes halogenated alkanes) is 1. The van der Waals surface area contributed by atoms with Crippen molar-refractivity contribution in [1.82, 2.24) is 10.6 Å². The first-order valence-corrected chi connectivity index (χ1v) is 8.31. The van der Waals surface area contributed by atoms with Crippen molar-refractivity contribution >= 4 is 40.0 Å². The molecule has 4 N–H and O–H groups in total. The first kappa shape index (κ1) is 22.2. The fourth-order valence-corrected chi connectivity index (χ4v) is 1.69. The molecule has 9 heteroatoms. The van der Waals surface area contributed by atoms with Gasteiger partial charge in [-0.2, -0.15) is 0 Å². The van der Waals surface area contributed by atoms with Crippen LogP contribution in [0.3, 0.4) is 0 Å². The summed E-state index contributed by atoms with van der Waals surface area (Å²) in [5.74, 6) is 0.504. The van der Waals surface area contributed by atoms with Crippen LogP contribution in [0.2, 0.25) is 0 Å². The molecule has 0 aromatic carbocycles. The number of hydrogen-bond acceptors (Lipinski definition) is 4. The van der Waals surface area contributed by atoms with Crippen molar-refractivity contribution in [1.29, 1.82) is 0 Å². The van der Waals surface area contributed by atoms with Gasteiger partial charge in [-0.25, -0.2) is 13.6 Å². The van der Waals surface area contributed by atoms with Gasteiger partial charge in [-0.1, -0.05) is 0 Å². The SMILES string of the molecule is CCNC(=NCCCCOCC)NCCS(N)(=O)=O.I. The summed E-state index contributed by atoms with van der Waals surface area (Å²) in [4.78, 5) is 4.33. The molecule has 0 unspecified atom stereocenters. The molecule has 20 heavy (non-hydrogen) atoms. The van der Waals surface area contributed by atoms with Gasteiger partial charge in [-0.15, -0.1) is 24.0 Å². The fraction of sp³-hybridized carbons (Fsp3) is 0.909. The van der Waals surface area contributed by atoms with Crippen molar-refractivity contribution in [2.24, 2.45) is 10.1 Å². The maximum absolute atomic E-state index is 10.8. The van der Waals surface area contributed by atoms with Gasteiger partial charge in [0.05, 0.1) is 5.75 Å². The van der Waals surface area contributed by atoms with Crippen LogP contribution in [0, 0.1) is 0 Å². The molecule has 0 bridgehead atoms. The smallest absolute Gasteiger partial charge is 0.210 e. The highest BCUT2D eigenvalue weighted by atomic mass is 127. The predicted octanol–water partition coefficient (Wildman–Crippen LogP) is 0.265. The molecule has 0 saturated carbocycles. The molecule has 0 fully saturated rings. The molecule has 7 nitrogen and oxygen atoms in total. The molecule has 0 heterocycles. The number of sulfonamides is 1. The minimum absolute atomic E-state index is 0. The maximum Gasteiger partial charge on any atom is 0.210 e. The third kappa shape index (κ3) is 15.9. The van der Waals surface area contributed by atoms with E-state index in [4.69, 9.17) is 9.88 Å². The summed E-state index contributed by atoms with van der Waals surface area (Å²) in [6.07, 6.45) is 1.90. The Morgan fingerprint density at radius 1 is 1.25 bits per heavy atom. The molecule has 0 amide bonds.